The summed E-state index contributed by atoms with van der Waals surface area (Å²) in [6, 6.07) is 1.93. The number of nitrogen functional groups attached to an aromatic ring is 1. The molecule has 0 unspecified atom stereocenters. The van der Waals surface area contributed by atoms with Gasteiger partial charge >= 0.3 is 0 Å². The molecule has 0 atom stereocenters. The maximum absolute atomic E-state index is 5.55. The summed E-state index contributed by atoms with van der Waals surface area (Å²) in [6.45, 7) is 1.91. The highest BCUT2D eigenvalue weighted by molar-refractivity contribution is 7.09. The Balaban J connectivity index is 2.25. The monoisotopic (exact) mass is 206 g/mol. The lowest BCUT2D eigenvalue weighted by Crippen LogP contribution is -2.01. The van der Waals surface area contributed by atoms with Gasteiger partial charge in [-0.3, -0.25) is 0 Å². The molecule has 2 rings (SSSR count). The highest BCUT2D eigenvalue weighted by atomic mass is 32.1. The van der Waals surface area contributed by atoms with E-state index in [9.17, 15) is 0 Å². The number of nitrogens with two attached hydrogens (primary N) is 1. The fourth-order valence-electron chi connectivity index (χ4n) is 1.24. The first kappa shape index (κ1) is 9.08. The third-order valence-electron chi connectivity index (χ3n) is 1.74. The van der Waals surface area contributed by atoms with Crippen molar-refractivity contribution >= 4 is 17.3 Å². The van der Waals surface area contributed by atoms with Gasteiger partial charge in [-0.25, -0.2) is 15.0 Å². The topological polar surface area (TPSA) is 64.7 Å². The van der Waals surface area contributed by atoms with Crippen LogP contribution in [0.5, 0.6) is 0 Å². The Morgan fingerprint density at radius 2 is 2.29 bits per heavy atom. The number of hydrogen-bond acceptors (Lipinski definition) is 5. The summed E-state index contributed by atoms with van der Waals surface area (Å²) in [4.78, 5) is 12.3. The second kappa shape index (κ2) is 3.71. The molecular weight excluding hydrogens is 196 g/mol. The average Bonchev–Trinajstić information content (AvgIpc) is 2.54. The minimum absolute atomic E-state index is 0.330. The van der Waals surface area contributed by atoms with Crippen molar-refractivity contribution < 1.29 is 0 Å². The van der Waals surface area contributed by atoms with E-state index in [0.717, 1.165) is 22.8 Å². The number of nitrogens with zero attached hydrogens (tertiary/aromatic N) is 3. The van der Waals surface area contributed by atoms with Crippen molar-refractivity contribution in [1.82, 2.24) is 15.0 Å². The lowest BCUT2D eigenvalue weighted by atomic mass is 10.3. The highest BCUT2D eigenvalue weighted by Gasteiger charge is 2.02. The lowest BCUT2D eigenvalue weighted by molar-refractivity contribution is 1.00. The summed E-state index contributed by atoms with van der Waals surface area (Å²) < 4.78 is 0. The summed E-state index contributed by atoms with van der Waals surface area (Å²) in [5.41, 5.74) is 7.36. The van der Waals surface area contributed by atoms with Crippen molar-refractivity contribution in [2.45, 2.75) is 13.3 Å². The largest absolute Gasteiger partial charge is 0.368 e. The highest BCUT2D eigenvalue weighted by Crippen LogP contribution is 2.11. The first-order chi connectivity index (χ1) is 6.74. The van der Waals surface area contributed by atoms with E-state index < -0.39 is 0 Å². The average molecular weight is 206 g/mol. The van der Waals surface area contributed by atoms with Crippen molar-refractivity contribution in [2.75, 3.05) is 5.73 Å². The number of thiazole rings is 1. The van der Waals surface area contributed by atoms with E-state index in [1.165, 1.54) is 0 Å². The summed E-state index contributed by atoms with van der Waals surface area (Å²) in [5, 5.41) is 3.00. The van der Waals surface area contributed by atoms with Gasteiger partial charge in [-0.15, -0.1) is 11.3 Å². The molecule has 2 N–H and O–H groups in total. The molecule has 2 heterocycles. The summed E-state index contributed by atoms with van der Waals surface area (Å²) in [7, 11) is 0. The minimum atomic E-state index is 0.330. The molecule has 2 aromatic heterocycles. The molecule has 2 aromatic rings. The molecule has 0 fully saturated rings. The van der Waals surface area contributed by atoms with Crippen LogP contribution in [0.2, 0.25) is 0 Å². The van der Waals surface area contributed by atoms with E-state index >= 15 is 0 Å². The Morgan fingerprint density at radius 1 is 1.43 bits per heavy atom. The smallest absolute Gasteiger partial charge is 0.220 e. The second-order valence-corrected chi connectivity index (χ2v) is 3.94. The summed E-state index contributed by atoms with van der Waals surface area (Å²) >= 11 is 1.62. The zero-order chi connectivity index (χ0) is 9.97. The Labute approximate surface area is 85.9 Å². The van der Waals surface area contributed by atoms with E-state index in [4.69, 9.17) is 5.73 Å². The predicted octanol–water partition coefficient (Wildman–Crippen LogP) is 1.41. The van der Waals surface area contributed by atoms with Crippen LogP contribution in [0.4, 0.5) is 5.95 Å². The van der Waals surface area contributed by atoms with Gasteiger partial charge in [0.2, 0.25) is 5.95 Å². The van der Waals surface area contributed by atoms with Gasteiger partial charge in [0.15, 0.2) is 0 Å². The van der Waals surface area contributed by atoms with Gasteiger partial charge in [0, 0.05) is 23.7 Å². The molecule has 5 heteroatoms. The van der Waals surface area contributed by atoms with Gasteiger partial charge in [0.25, 0.3) is 0 Å². The van der Waals surface area contributed by atoms with E-state index in [1.54, 1.807) is 17.5 Å². The zero-order valence-corrected chi connectivity index (χ0v) is 8.58. The van der Waals surface area contributed by atoms with Crippen LogP contribution in [0.25, 0.3) is 0 Å². The van der Waals surface area contributed by atoms with Gasteiger partial charge in [0.05, 0.1) is 10.7 Å². The molecule has 0 aliphatic carbocycles. The predicted molar refractivity (Wildman–Crippen MR) is 56.1 cm³/mol. The normalized spacial score (nSPS) is 10.4. The first-order valence-electron chi connectivity index (χ1n) is 4.22. The maximum Gasteiger partial charge on any atom is 0.220 e. The fraction of sp³-hybridized carbons (Fsp3) is 0.222. The second-order valence-electron chi connectivity index (χ2n) is 2.96. The van der Waals surface area contributed by atoms with Crippen molar-refractivity contribution in [1.29, 1.82) is 0 Å². The number of aryl methyl sites for hydroxylation is 1. The molecule has 14 heavy (non-hydrogen) atoms. The first-order valence-corrected chi connectivity index (χ1v) is 5.10. The zero-order valence-electron chi connectivity index (χ0n) is 7.77. The standard InChI is InChI=1S/C9H10N4S/c1-6-4-7(13-9(10)12-6)5-8-11-2-3-14-8/h2-4H,5H2,1H3,(H2,10,12,13). The molecule has 0 saturated heterocycles. The molecule has 0 amide bonds. The van der Waals surface area contributed by atoms with Crippen LogP contribution in [-0.4, -0.2) is 15.0 Å². The summed E-state index contributed by atoms with van der Waals surface area (Å²) in [6.07, 6.45) is 2.52. The number of anilines is 1. The van der Waals surface area contributed by atoms with E-state index in [-0.39, 0.29) is 0 Å². The van der Waals surface area contributed by atoms with E-state index in [2.05, 4.69) is 15.0 Å². The van der Waals surface area contributed by atoms with E-state index in [0.29, 0.717) is 5.95 Å². The molecule has 72 valence electrons. The van der Waals surface area contributed by atoms with Gasteiger partial charge < -0.3 is 5.73 Å². The van der Waals surface area contributed by atoms with Crippen molar-refractivity contribution in [3.05, 3.63) is 34.0 Å². The molecule has 0 aromatic carbocycles. The van der Waals surface area contributed by atoms with Gasteiger partial charge in [-0.2, -0.15) is 0 Å². The Hall–Kier alpha value is -1.49. The SMILES string of the molecule is Cc1cc(Cc2nccs2)nc(N)n1. The van der Waals surface area contributed by atoms with Crippen LogP contribution >= 0.6 is 11.3 Å². The fourth-order valence-corrected chi connectivity index (χ4v) is 1.88. The molecule has 0 saturated carbocycles. The molecule has 4 nitrogen and oxygen atoms in total. The van der Waals surface area contributed by atoms with Crippen LogP contribution in [0.3, 0.4) is 0 Å². The van der Waals surface area contributed by atoms with Gasteiger partial charge in [0.1, 0.15) is 0 Å². The van der Waals surface area contributed by atoms with Crippen LogP contribution in [0.1, 0.15) is 16.4 Å². The molecule has 0 radical (unpaired) electrons. The minimum Gasteiger partial charge on any atom is -0.368 e. The van der Waals surface area contributed by atoms with Crippen LogP contribution in [-0.2, 0) is 6.42 Å². The third kappa shape index (κ3) is 2.05. The Kier molecular flexibility index (Phi) is 2.41. The Morgan fingerprint density at radius 3 is 2.93 bits per heavy atom. The number of hydrogen-bond donors (Lipinski definition) is 1. The van der Waals surface area contributed by atoms with Gasteiger partial charge in [-0.05, 0) is 13.0 Å². The molecule has 0 spiro atoms. The van der Waals surface area contributed by atoms with Crippen LogP contribution in [0.15, 0.2) is 17.6 Å². The van der Waals surface area contributed by atoms with Crippen molar-refractivity contribution in [2.24, 2.45) is 0 Å². The summed E-state index contributed by atoms with van der Waals surface area (Å²) in [5.74, 6) is 0.330. The lowest BCUT2D eigenvalue weighted by Gasteiger charge is -2.00. The van der Waals surface area contributed by atoms with Crippen molar-refractivity contribution in [3.8, 4) is 0 Å². The maximum atomic E-state index is 5.55. The van der Waals surface area contributed by atoms with Crippen molar-refractivity contribution in [3.63, 3.8) is 0 Å². The molecule has 0 aliphatic heterocycles. The molecular formula is C9H10N4S. The van der Waals surface area contributed by atoms with Crippen LogP contribution < -0.4 is 5.73 Å². The molecule has 0 bridgehead atoms. The number of rotatable bonds is 2. The quantitative estimate of drug-likeness (QED) is 0.807. The Bertz CT molecular complexity index is 404. The van der Waals surface area contributed by atoms with E-state index in [1.807, 2.05) is 18.4 Å². The van der Waals surface area contributed by atoms with Gasteiger partial charge in [-0.1, -0.05) is 0 Å². The third-order valence-corrected chi connectivity index (χ3v) is 2.52. The number of aromatic nitrogens is 3. The molecule has 0 aliphatic rings. The van der Waals surface area contributed by atoms with Crippen LogP contribution in [0, 0.1) is 6.92 Å².